The quantitative estimate of drug-likeness (QED) is 0.394. The van der Waals surface area contributed by atoms with Gasteiger partial charge in [-0.05, 0) is 32.3 Å². The Balaban J connectivity index is 3.15. The molecule has 1 atom stereocenters. The SMILES string of the molecule is CCCCN(CCCC)C(=O)C(OP(=O)(OCC)OCC)c1ccccc1. The minimum atomic E-state index is -3.83. The van der Waals surface area contributed by atoms with Crippen LogP contribution in [0.5, 0.6) is 0 Å². The highest BCUT2D eigenvalue weighted by molar-refractivity contribution is 7.48. The Bertz CT molecular complexity index is 563. The van der Waals surface area contributed by atoms with E-state index in [1.165, 1.54) is 0 Å². The van der Waals surface area contributed by atoms with Crippen molar-refractivity contribution in [2.75, 3.05) is 26.3 Å². The van der Waals surface area contributed by atoms with E-state index in [2.05, 4.69) is 13.8 Å². The normalized spacial score (nSPS) is 12.7. The first-order valence-corrected chi connectivity index (χ1v) is 11.4. The van der Waals surface area contributed by atoms with E-state index in [0.29, 0.717) is 18.7 Å². The van der Waals surface area contributed by atoms with Crippen LogP contribution in [0.4, 0.5) is 0 Å². The molecule has 1 aromatic carbocycles. The van der Waals surface area contributed by atoms with Gasteiger partial charge in [-0.15, -0.1) is 0 Å². The maximum Gasteiger partial charge on any atom is 0.475 e. The number of unbranched alkanes of at least 4 members (excludes halogenated alkanes) is 2. The number of hydrogen-bond donors (Lipinski definition) is 0. The van der Waals surface area contributed by atoms with Gasteiger partial charge < -0.3 is 4.90 Å². The van der Waals surface area contributed by atoms with Crippen molar-refractivity contribution in [2.24, 2.45) is 0 Å². The van der Waals surface area contributed by atoms with Gasteiger partial charge in [-0.3, -0.25) is 18.4 Å². The number of rotatable bonds is 14. The van der Waals surface area contributed by atoms with E-state index < -0.39 is 13.9 Å². The zero-order valence-electron chi connectivity index (χ0n) is 17.1. The number of amides is 1. The minimum Gasteiger partial charge on any atom is -0.340 e. The van der Waals surface area contributed by atoms with Gasteiger partial charge in [0.15, 0.2) is 6.10 Å². The molecular weight excluding hydrogens is 365 g/mol. The monoisotopic (exact) mass is 399 g/mol. The predicted octanol–water partition coefficient (Wildman–Crippen LogP) is 5.35. The van der Waals surface area contributed by atoms with Gasteiger partial charge in [-0.2, -0.15) is 0 Å². The molecule has 0 aromatic heterocycles. The highest BCUT2D eigenvalue weighted by Gasteiger charge is 2.36. The van der Waals surface area contributed by atoms with Crippen LogP contribution in [0.25, 0.3) is 0 Å². The first-order valence-electron chi connectivity index (χ1n) is 9.92. The van der Waals surface area contributed by atoms with Crippen molar-refractivity contribution in [1.82, 2.24) is 4.90 Å². The van der Waals surface area contributed by atoms with Gasteiger partial charge in [0.2, 0.25) is 0 Å². The van der Waals surface area contributed by atoms with Crippen molar-refractivity contribution in [3.8, 4) is 0 Å². The van der Waals surface area contributed by atoms with Gasteiger partial charge in [0.25, 0.3) is 5.91 Å². The Kier molecular flexibility index (Phi) is 11.5. The number of nitrogens with zero attached hydrogens (tertiary/aromatic N) is 1. The van der Waals surface area contributed by atoms with Gasteiger partial charge in [-0.1, -0.05) is 57.0 Å². The van der Waals surface area contributed by atoms with Crippen molar-refractivity contribution in [2.45, 2.75) is 59.5 Å². The van der Waals surface area contributed by atoms with Crippen LogP contribution >= 0.6 is 7.82 Å². The Morgan fingerprint density at radius 3 is 1.93 bits per heavy atom. The third kappa shape index (κ3) is 8.14. The van der Waals surface area contributed by atoms with E-state index in [0.717, 1.165) is 25.7 Å². The molecule has 0 N–H and O–H groups in total. The Morgan fingerprint density at radius 1 is 0.963 bits per heavy atom. The topological polar surface area (TPSA) is 65.1 Å². The molecule has 0 aliphatic heterocycles. The summed E-state index contributed by atoms with van der Waals surface area (Å²) >= 11 is 0. The number of phosphoric ester groups is 1. The summed E-state index contributed by atoms with van der Waals surface area (Å²) in [5.74, 6) is -0.206. The van der Waals surface area contributed by atoms with Crippen molar-refractivity contribution in [3.05, 3.63) is 35.9 Å². The summed E-state index contributed by atoms with van der Waals surface area (Å²) in [6, 6.07) is 9.11. The molecule has 0 radical (unpaired) electrons. The smallest absolute Gasteiger partial charge is 0.340 e. The second-order valence-electron chi connectivity index (χ2n) is 6.21. The van der Waals surface area contributed by atoms with E-state index >= 15 is 0 Å². The van der Waals surface area contributed by atoms with Crippen molar-refractivity contribution < 1.29 is 22.9 Å². The molecule has 1 unspecified atom stereocenters. The molecule has 0 aliphatic carbocycles. The second kappa shape index (κ2) is 13.1. The first-order chi connectivity index (χ1) is 13.0. The molecule has 1 amide bonds. The van der Waals surface area contributed by atoms with E-state index in [1.54, 1.807) is 30.9 Å². The average Bonchev–Trinajstić information content (AvgIpc) is 2.67. The second-order valence-corrected chi connectivity index (χ2v) is 7.83. The Hall–Kier alpha value is -1.20. The fraction of sp³-hybridized carbons (Fsp3) is 0.650. The Labute approximate surface area is 163 Å². The summed E-state index contributed by atoms with van der Waals surface area (Å²) in [7, 11) is -3.83. The van der Waals surface area contributed by atoms with Crippen LogP contribution in [0, 0.1) is 0 Å². The molecular formula is C20H34NO5P. The van der Waals surface area contributed by atoms with Crippen LogP contribution in [0.3, 0.4) is 0 Å². The molecule has 0 heterocycles. The maximum atomic E-state index is 13.3. The van der Waals surface area contributed by atoms with Crippen molar-refractivity contribution in [1.29, 1.82) is 0 Å². The molecule has 0 spiro atoms. The first kappa shape index (κ1) is 23.8. The van der Waals surface area contributed by atoms with Gasteiger partial charge in [0.05, 0.1) is 13.2 Å². The van der Waals surface area contributed by atoms with Crippen LogP contribution in [-0.2, 0) is 22.9 Å². The Morgan fingerprint density at radius 2 is 1.48 bits per heavy atom. The molecule has 1 aromatic rings. The molecule has 0 saturated carbocycles. The number of hydrogen-bond acceptors (Lipinski definition) is 5. The summed E-state index contributed by atoms with van der Waals surface area (Å²) in [5.41, 5.74) is 0.639. The standard InChI is InChI=1S/C20H34NO5P/c1-5-9-16-21(17-10-6-2)20(22)19(18-14-12-11-13-15-18)26-27(23,24-7-3)25-8-4/h11-15,19H,5-10,16-17H2,1-4H3. The van der Waals surface area contributed by atoms with Crippen LogP contribution in [-0.4, -0.2) is 37.1 Å². The van der Waals surface area contributed by atoms with Crippen LogP contribution < -0.4 is 0 Å². The fourth-order valence-corrected chi connectivity index (χ4v) is 3.91. The summed E-state index contributed by atoms with van der Waals surface area (Å²) < 4.78 is 29.2. The van der Waals surface area contributed by atoms with Gasteiger partial charge >= 0.3 is 7.82 Å². The predicted molar refractivity (Wildman–Crippen MR) is 108 cm³/mol. The number of phosphoric acid groups is 1. The lowest BCUT2D eigenvalue weighted by atomic mass is 10.1. The summed E-state index contributed by atoms with van der Waals surface area (Å²) in [6.07, 6.45) is 2.77. The van der Waals surface area contributed by atoms with Gasteiger partial charge in [0.1, 0.15) is 0 Å². The summed E-state index contributed by atoms with van der Waals surface area (Å²) in [4.78, 5) is 15.1. The fourth-order valence-electron chi connectivity index (χ4n) is 2.62. The third-order valence-corrected chi connectivity index (χ3v) is 5.63. The molecule has 0 fully saturated rings. The highest BCUT2D eigenvalue weighted by Crippen LogP contribution is 2.53. The van der Waals surface area contributed by atoms with Crippen molar-refractivity contribution >= 4 is 13.7 Å². The number of carbonyl (C=O) groups is 1. The zero-order valence-corrected chi connectivity index (χ0v) is 18.0. The number of carbonyl (C=O) groups excluding carboxylic acids is 1. The van der Waals surface area contributed by atoms with Crippen LogP contribution in [0.15, 0.2) is 30.3 Å². The largest absolute Gasteiger partial charge is 0.475 e. The highest BCUT2D eigenvalue weighted by atomic mass is 31.2. The average molecular weight is 399 g/mol. The minimum absolute atomic E-state index is 0.169. The number of benzene rings is 1. The lowest BCUT2D eigenvalue weighted by Crippen LogP contribution is -2.37. The van der Waals surface area contributed by atoms with Gasteiger partial charge in [-0.25, -0.2) is 4.57 Å². The molecule has 0 aliphatic rings. The lowest BCUT2D eigenvalue weighted by Gasteiger charge is -2.29. The molecule has 27 heavy (non-hydrogen) atoms. The van der Waals surface area contributed by atoms with E-state index in [4.69, 9.17) is 13.6 Å². The molecule has 0 saturated heterocycles. The third-order valence-electron chi connectivity index (χ3n) is 4.01. The zero-order chi connectivity index (χ0) is 20.1. The molecule has 1 rings (SSSR count). The summed E-state index contributed by atoms with van der Waals surface area (Å²) in [6.45, 7) is 9.24. The molecule has 6 nitrogen and oxygen atoms in total. The van der Waals surface area contributed by atoms with E-state index in [-0.39, 0.29) is 19.1 Å². The maximum absolute atomic E-state index is 13.3. The van der Waals surface area contributed by atoms with Crippen LogP contribution in [0.2, 0.25) is 0 Å². The van der Waals surface area contributed by atoms with E-state index in [1.807, 2.05) is 18.2 Å². The molecule has 154 valence electrons. The van der Waals surface area contributed by atoms with Crippen LogP contribution in [0.1, 0.15) is 65.0 Å². The molecule has 0 bridgehead atoms. The lowest BCUT2D eigenvalue weighted by molar-refractivity contribution is -0.140. The van der Waals surface area contributed by atoms with E-state index in [9.17, 15) is 9.36 Å². The van der Waals surface area contributed by atoms with Crippen molar-refractivity contribution in [3.63, 3.8) is 0 Å². The summed E-state index contributed by atoms with van der Waals surface area (Å²) in [5, 5.41) is 0. The van der Waals surface area contributed by atoms with Gasteiger partial charge in [0, 0.05) is 13.1 Å². The molecule has 7 heteroatoms.